The van der Waals surface area contributed by atoms with Crippen molar-refractivity contribution in [2.45, 2.75) is 26.4 Å². The topological polar surface area (TPSA) is 98.8 Å². The van der Waals surface area contributed by atoms with E-state index in [0.717, 1.165) is 22.9 Å². The van der Waals surface area contributed by atoms with E-state index in [1.165, 1.54) is 0 Å². The molecule has 1 heterocycles. The van der Waals surface area contributed by atoms with Crippen LogP contribution in [0.15, 0.2) is 18.2 Å². The zero-order valence-corrected chi connectivity index (χ0v) is 10.9. The van der Waals surface area contributed by atoms with Gasteiger partial charge >= 0.3 is 0 Å². The lowest BCUT2D eigenvalue weighted by Gasteiger charge is -2.08. The number of tetrazole rings is 1. The molecule has 0 aliphatic heterocycles. The van der Waals surface area contributed by atoms with Gasteiger partial charge in [0.05, 0.1) is 11.5 Å². The summed E-state index contributed by atoms with van der Waals surface area (Å²) in [4.78, 5) is 10.1. The minimum Gasteiger partial charge on any atom is -0.308 e. The smallest absolute Gasteiger partial charge is 0.271 e. The lowest BCUT2D eigenvalue weighted by molar-refractivity contribution is -0.384. The molecule has 1 N–H and O–H groups in total. The maximum absolute atomic E-state index is 13.8. The monoisotopic (exact) mass is 280 g/mol. The highest BCUT2D eigenvalue weighted by molar-refractivity contribution is 5.44. The fraction of sp³-hybridized carbons (Fsp3) is 0.364. The van der Waals surface area contributed by atoms with E-state index in [1.54, 1.807) is 0 Å². The molecule has 0 radical (unpaired) electrons. The van der Waals surface area contributed by atoms with Crippen LogP contribution in [0, 0.1) is 15.9 Å². The van der Waals surface area contributed by atoms with E-state index in [9.17, 15) is 14.5 Å². The van der Waals surface area contributed by atoms with E-state index in [1.807, 2.05) is 13.8 Å². The number of hydrogen-bond donors (Lipinski definition) is 1. The third kappa shape index (κ3) is 2.94. The zero-order valence-electron chi connectivity index (χ0n) is 10.9. The summed E-state index contributed by atoms with van der Waals surface area (Å²) < 4.78 is 15.0. The Labute approximate surface area is 113 Å². The van der Waals surface area contributed by atoms with Gasteiger partial charge in [0, 0.05) is 18.2 Å². The van der Waals surface area contributed by atoms with E-state index in [4.69, 9.17) is 0 Å². The molecule has 0 saturated heterocycles. The number of halogens is 1. The highest BCUT2D eigenvalue weighted by atomic mass is 19.1. The van der Waals surface area contributed by atoms with Gasteiger partial charge in [-0.3, -0.25) is 10.1 Å². The number of rotatable bonds is 5. The van der Waals surface area contributed by atoms with Crippen molar-refractivity contribution in [2.24, 2.45) is 0 Å². The number of nitrogens with zero attached hydrogens (tertiary/aromatic N) is 5. The van der Waals surface area contributed by atoms with Crippen LogP contribution in [0.4, 0.5) is 10.1 Å². The molecular weight excluding hydrogens is 267 g/mol. The third-order valence-corrected chi connectivity index (χ3v) is 2.57. The number of aromatic nitrogens is 4. The predicted molar refractivity (Wildman–Crippen MR) is 67.7 cm³/mol. The molecular formula is C11H13FN6O2. The largest absolute Gasteiger partial charge is 0.308 e. The SMILES string of the molecule is CC(C)NCc1nnnn1-c1cc([N+](=O)[O-])ccc1F. The maximum atomic E-state index is 13.8. The Morgan fingerprint density at radius 2 is 2.25 bits per heavy atom. The third-order valence-electron chi connectivity index (χ3n) is 2.57. The Bertz CT molecular complexity index is 627. The first-order chi connectivity index (χ1) is 9.49. The van der Waals surface area contributed by atoms with E-state index in [-0.39, 0.29) is 17.4 Å². The molecule has 0 aliphatic carbocycles. The molecule has 1 aromatic carbocycles. The summed E-state index contributed by atoms with van der Waals surface area (Å²) >= 11 is 0. The number of hydrogen-bond acceptors (Lipinski definition) is 6. The first kappa shape index (κ1) is 14.0. The van der Waals surface area contributed by atoms with Gasteiger partial charge in [0.15, 0.2) is 5.82 Å². The van der Waals surface area contributed by atoms with Crippen LogP contribution in [0.2, 0.25) is 0 Å². The average molecular weight is 280 g/mol. The number of nitro groups is 1. The molecule has 0 aliphatic rings. The van der Waals surface area contributed by atoms with Gasteiger partial charge < -0.3 is 5.32 Å². The molecule has 1 aromatic heterocycles. The van der Waals surface area contributed by atoms with E-state index in [2.05, 4.69) is 20.8 Å². The molecule has 20 heavy (non-hydrogen) atoms. The molecule has 2 rings (SSSR count). The summed E-state index contributed by atoms with van der Waals surface area (Å²) in [7, 11) is 0. The second-order valence-electron chi connectivity index (χ2n) is 4.44. The van der Waals surface area contributed by atoms with Crippen molar-refractivity contribution in [3.63, 3.8) is 0 Å². The quantitative estimate of drug-likeness (QED) is 0.652. The zero-order chi connectivity index (χ0) is 14.7. The van der Waals surface area contributed by atoms with Crippen LogP contribution in [0.3, 0.4) is 0 Å². The molecule has 0 atom stereocenters. The molecule has 106 valence electrons. The molecule has 9 heteroatoms. The standard InChI is InChI=1S/C11H13FN6O2/c1-7(2)13-6-11-14-15-16-17(11)10-5-8(18(19)20)3-4-9(10)12/h3-5,7,13H,6H2,1-2H3. The van der Waals surface area contributed by atoms with Gasteiger partial charge in [-0.2, -0.15) is 4.68 Å². The summed E-state index contributed by atoms with van der Waals surface area (Å²) in [5.41, 5.74) is -0.274. The van der Waals surface area contributed by atoms with Crippen molar-refractivity contribution >= 4 is 5.69 Å². The predicted octanol–water partition coefficient (Wildman–Crippen LogP) is 1.21. The number of nitro benzene ring substituents is 1. The molecule has 0 unspecified atom stereocenters. The van der Waals surface area contributed by atoms with Gasteiger partial charge in [-0.25, -0.2) is 4.39 Å². The molecule has 2 aromatic rings. The van der Waals surface area contributed by atoms with Crippen molar-refractivity contribution < 1.29 is 9.31 Å². The first-order valence-electron chi connectivity index (χ1n) is 5.94. The average Bonchev–Trinajstić information content (AvgIpc) is 2.84. The lowest BCUT2D eigenvalue weighted by Crippen LogP contribution is -2.24. The first-order valence-corrected chi connectivity index (χ1v) is 5.94. The lowest BCUT2D eigenvalue weighted by atomic mass is 10.2. The fourth-order valence-corrected chi connectivity index (χ4v) is 1.58. The van der Waals surface area contributed by atoms with Crippen LogP contribution in [-0.2, 0) is 6.54 Å². The maximum Gasteiger partial charge on any atom is 0.271 e. The summed E-state index contributed by atoms with van der Waals surface area (Å²) in [6, 6.07) is 3.42. The molecule has 8 nitrogen and oxygen atoms in total. The van der Waals surface area contributed by atoms with Gasteiger partial charge in [-0.15, -0.1) is 5.10 Å². The molecule has 0 fully saturated rings. The minimum atomic E-state index is -0.631. The van der Waals surface area contributed by atoms with Gasteiger partial charge in [0.1, 0.15) is 11.5 Å². The summed E-state index contributed by atoms with van der Waals surface area (Å²) in [5.74, 6) is -0.258. The van der Waals surface area contributed by atoms with Crippen molar-refractivity contribution in [1.29, 1.82) is 0 Å². The number of non-ortho nitro benzene ring substituents is 1. The Balaban J connectivity index is 2.38. The van der Waals surface area contributed by atoms with Gasteiger partial charge in [0.25, 0.3) is 5.69 Å². The molecule has 0 bridgehead atoms. The summed E-state index contributed by atoms with van der Waals surface area (Å²) in [5, 5.41) is 24.8. The number of benzene rings is 1. The Hall–Kier alpha value is -2.42. The van der Waals surface area contributed by atoms with Gasteiger partial charge in [0.2, 0.25) is 0 Å². The molecule has 0 amide bonds. The van der Waals surface area contributed by atoms with E-state index >= 15 is 0 Å². The molecule has 0 spiro atoms. The minimum absolute atomic E-state index is 0.0512. The highest BCUT2D eigenvalue weighted by Gasteiger charge is 2.16. The van der Waals surface area contributed by atoms with Gasteiger partial charge in [-0.05, 0) is 16.5 Å². The Kier molecular flexibility index (Phi) is 3.99. The normalized spacial score (nSPS) is 11.0. The van der Waals surface area contributed by atoms with Crippen LogP contribution in [0.1, 0.15) is 19.7 Å². The summed E-state index contributed by atoms with van der Waals surface area (Å²) in [6.45, 7) is 4.22. The van der Waals surface area contributed by atoms with Crippen LogP contribution < -0.4 is 5.32 Å². The van der Waals surface area contributed by atoms with Crippen LogP contribution >= 0.6 is 0 Å². The van der Waals surface area contributed by atoms with Crippen LogP contribution in [0.25, 0.3) is 5.69 Å². The second-order valence-corrected chi connectivity index (χ2v) is 4.44. The van der Waals surface area contributed by atoms with Crippen LogP contribution in [-0.4, -0.2) is 31.2 Å². The Morgan fingerprint density at radius 1 is 1.50 bits per heavy atom. The fourth-order valence-electron chi connectivity index (χ4n) is 1.58. The van der Waals surface area contributed by atoms with Crippen LogP contribution in [0.5, 0.6) is 0 Å². The van der Waals surface area contributed by atoms with Crippen molar-refractivity contribution in [3.05, 3.63) is 40.0 Å². The van der Waals surface area contributed by atoms with Crippen molar-refractivity contribution in [3.8, 4) is 5.69 Å². The Morgan fingerprint density at radius 3 is 2.90 bits per heavy atom. The number of nitrogens with one attached hydrogen (secondary N) is 1. The van der Waals surface area contributed by atoms with Crippen molar-refractivity contribution in [2.75, 3.05) is 0 Å². The highest BCUT2D eigenvalue weighted by Crippen LogP contribution is 2.20. The van der Waals surface area contributed by atoms with E-state index in [0.29, 0.717) is 12.4 Å². The van der Waals surface area contributed by atoms with Gasteiger partial charge in [-0.1, -0.05) is 13.8 Å². The molecule has 0 saturated carbocycles. The van der Waals surface area contributed by atoms with Crippen molar-refractivity contribution in [1.82, 2.24) is 25.5 Å². The second kappa shape index (κ2) is 5.70. The summed E-state index contributed by atoms with van der Waals surface area (Å²) in [6.07, 6.45) is 0. The van der Waals surface area contributed by atoms with E-state index < -0.39 is 10.7 Å².